The van der Waals surface area contributed by atoms with E-state index in [1.807, 2.05) is 24.3 Å². The van der Waals surface area contributed by atoms with Crippen molar-refractivity contribution in [1.29, 1.82) is 0 Å². The molecular formula is C16H25BrN2O. The van der Waals surface area contributed by atoms with E-state index >= 15 is 0 Å². The van der Waals surface area contributed by atoms with Crippen LogP contribution in [-0.4, -0.2) is 55.7 Å². The van der Waals surface area contributed by atoms with Crippen molar-refractivity contribution in [3.8, 4) is 5.75 Å². The summed E-state index contributed by atoms with van der Waals surface area (Å²) in [4.78, 5) is 4.98. The highest BCUT2D eigenvalue weighted by Crippen LogP contribution is 2.18. The molecule has 3 nitrogen and oxygen atoms in total. The maximum Gasteiger partial charge on any atom is 0.119 e. The molecule has 0 amide bonds. The van der Waals surface area contributed by atoms with Crippen molar-refractivity contribution in [1.82, 2.24) is 9.80 Å². The van der Waals surface area contributed by atoms with E-state index in [1.165, 1.54) is 25.9 Å². The van der Waals surface area contributed by atoms with Gasteiger partial charge in [0.05, 0.1) is 0 Å². The van der Waals surface area contributed by atoms with Gasteiger partial charge in [-0.3, -0.25) is 4.90 Å². The lowest BCUT2D eigenvalue weighted by Gasteiger charge is -2.27. The molecule has 0 aliphatic carbocycles. The highest BCUT2D eigenvalue weighted by atomic mass is 79.9. The monoisotopic (exact) mass is 340 g/mol. The van der Waals surface area contributed by atoms with E-state index in [0.29, 0.717) is 0 Å². The van der Waals surface area contributed by atoms with Crippen LogP contribution in [0.3, 0.4) is 0 Å². The highest BCUT2D eigenvalue weighted by molar-refractivity contribution is 9.10. The van der Waals surface area contributed by atoms with Crippen molar-refractivity contribution in [2.45, 2.75) is 25.8 Å². The molecule has 1 aromatic carbocycles. The minimum absolute atomic E-state index is 0.734. The van der Waals surface area contributed by atoms with Crippen LogP contribution in [0.25, 0.3) is 0 Å². The van der Waals surface area contributed by atoms with Crippen molar-refractivity contribution in [3.63, 3.8) is 0 Å². The number of benzene rings is 1. The number of likely N-dealkylation sites (N-methyl/N-ethyl adjacent to an activating group) is 2. The quantitative estimate of drug-likeness (QED) is 0.757. The van der Waals surface area contributed by atoms with Crippen LogP contribution in [0, 0.1) is 0 Å². The highest BCUT2D eigenvalue weighted by Gasteiger charge is 2.23. The number of likely N-dealkylation sites (tertiary alicyclic amines) is 1. The maximum absolute atomic E-state index is 5.77. The molecule has 1 aliphatic rings. The Hall–Kier alpha value is -0.580. The predicted molar refractivity (Wildman–Crippen MR) is 87.4 cm³/mol. The van der Waals surface area contributed by atoms with Gasteiger partial charge in [0, 0.05) is 23.6 Å². The molecule has 1 saturated heterocycles. The molecule has 0 bridgehead atoms. The summed E-state index contributed by atoms with van der Waals surface area (Å²) in [6.07, 6.45) is 2.69. The average Bonchev–Trinajstić information content (AvgIpc) is 2.88. The summed E-state index contributed by atoms with van der Waals surface area (Å²) in [5.74, 6) is 0.942. The van der Waals surface area contributed by atoms with Gasteiger partial charge < -0.3 is 9.64 Å². The van der Waals surface area contributed by atoms with Crippen molar-refractivity contribution >= 4 is 15.9 Å². The molecule has 2 rings (SSSR count). The molecule has 0 saturated carbocycles. The summed E-state index contributed by atoms with van der Waals surface area (Å²) in [5, 5.41) is 0. The van der Waals surface area contributed by atoms with E-state index in [9.17, 15) is 0 Å². The normalized spacial score (nSPS) is 19.7. The zero-order chi connectivity index (χ0) is 14.4. The molecule has 1 aromatic rings. The first-order valence-corrected chi connectivity index (χ1v) is 8.29. The second-order valence-electron chi connectivity index (χ2n) is 5.49. The van der Waals surface area contributed by atoms with Gasteiger partial charge in [0.1, 0.15) is 12.4 Å². The summed E-state index contributed by atoms with van der Waals surface area (Å²) in [6, 6.07) is 8.75. The van der Waals surface area contributed by atoms with Crippen LogP contribution in [-0.2, 0) is 0 Å². The van der Waals surface area contributed by atoms with Crippen LogP contribution >= 0.6 is 15.9 Å². The van der Waals surface area contributed by atoms with Crippen LogP contribution in [0.1, 0.15) is 19.8 Å². The molecule has 0 spiro atoms. The molecule has 1 atom stereocenters. The fourth-order valence-corrected chi connectivity index (χ4v) is 3.08. The lowest BCUT2D eigenvalue weighted by atomic mass is 10.2. The van der Waals surface area contributed by atoms with E-state index in [1.54, 1.807) is 0 Å². The summed E-state index contributed by atoms with van der Waals surface area (Å²) in [7, 11) is 2.19. The predicted octanol–water partition coefficient (Wildman–Crippen LogP) is 3.24. The maximum atomic E-state index is 5.77. The van der Waals surface area contributed by atoms with E-state index in [4.69, 9.17) is 4.74 Å². The Morgan fingerprint density at radius 2 is 2.10 bits per heavy atom. The number of ether oxygens (including phenoxy) is 1. The molecule has 0 N–H and O–H groups in total. The standard InChI is InChI=1S/C16H25BrN2O/c1-3-19-10-4-5-15(19)13-18(2)11-12-20-16-8-6-14(17)7-9-16/h6-9,15H,3-5,10-13H2,1-2H3. The third kappa shape index (κ3) is 4.76. The van der Waals surface area contributed by atoms with Gasteiger partial charge in [-0.15, -0.1) is 0 Å². The lowest BCUT2D eigenvalue weighted by molar-refractivity contribution is 0.177. The first-order valence-electron chi connectivity index (χ1n) is 7.50. The van der Waals surface area contributed by atoms with E-state index in [0.717, 1.165) is 36.0 Å². The molecule has 1 heterocycles. The van der Waals surface area contributed by atoms with Gasteiger partial charge in [0.2, 0.25) is 0 Å². The molecule has 112 valence electrons. The second kappa shape index (κ2) is 8.01. The number of hydrogen-bond donors (Lipinski definition) is 0. The largest absolute Gasteiger partial charge is 0.492 e. The summed E-state index contributed by atoms with van der Waals surface area (Å²) >= 11 is 3.43. The number of halogens is 1. The van der Waals surface area contributed by atoms with Crippen molar-refractivity contribution in [2.24, 2.45) is 0 Å². The van der Waals surface area contributed by atoms with Crippen molar-refractivity contribution in [2.75, 3.05) is 39.8 Å². The van der Waals surface area contributed by atoms with Gasteiger partial charge in [0.25, 0.3) is 0 Å². The molecule has 4 heteroatoms. The van der Waals surface area contributed by atoms with Gasteiger partial charge in [-0.1, -0.05) is 22.9 Å². The Kier molecular flexibility index (Phi) is 6.33. The Labute approximate surface area is 131 Å². The van der Waals surface area contributed by atoms with Crippen LogP contribution in [0.2, 0.25) is 0 Å². The van der Waals surface area contributed by atoms with Gasteiger partial charge >= 0.3 is 0 Å². The van der Waals surface area contributed by atoms with Crippen LogP contribution < -0.4 is 4.74 Å². The SMILES string of the molecule is CCN1CCCC1CN(C)CCOc1ccc(Br)cc1. The van der Waals surface area contributed by atoms with Gasteiger partial charge in [0.15, 0.2) is 0 Å². The molecule has 0 radical (unpaired) electrons. The summed E-state index contributed by atoms with van der Waals surface area (Å²) in [6.45, 7) is 7.58. The number of rotatable bonds is 7. The van der Waals surface area contributed by atoms with Crippen molar-refractivity contribution < 1.29 is 4.74 Å². The number of hydrogen-bond acceptors (Lipinski definition) is 3. The number of nitrogens with zero attached hydrogens (tertiary/aromatic N) is 2. The fraction of sp³-hybridized carbons (Fsp3) is 0.625. The van der Waals surface area contributed by atoms with Gasteiger partial charge in [-0.25, -0.2) is 0 Å². The van der Waals surface area contributed by atoms with Crippen LogP contribution in [0.15, 0.2) is 28.7 Å². The first kappa shape index (κ1) is 15.8. The van der Waals surface area contributed by atoms with Crippen LogP contribution in [0.5, 0.6) is 5.75 Å². The molecule has 1 unspecified atom stereocenters. The molecule has 1 aliphatic heterocycles. The summed E-state index contributed by atoms with van der Waals surface area (Å²) < 4.78 is 6.86. The fourth-order valence-electron chi connectivity index (χ4n) is 2.82. The van der Waals surface area contributed by atoms with Gasteiger partial charge in [-0.2, -0.15) is 0 Å². The molecule has 20 heavy (non-hydrogen) atoms. The minimum atomic E-state index is 0.734. The third-order valence-electron chi connectivity index (χ3n) is 3.98. The Morgan fingerprint density at radius 1 is 1.35 bits per heavy atom. The van der Waals surface area contributed by atoms with E-state index < -0.39 is 0 Å². The van der Waals surface area contributed by atoms with Crippen molar-refractivity contribution in [3.05, 3.63) is 28.7 Å². The Bertz CT molecular complexity index is 396. The van der Waals surface area contributed by atoms with Gasteiger partial charge in [-0.05, 0) is 57.2 Å². The topological polar surface area (TPSA) is 15.7 Å². The van der Waals surface area contributed by atoms with E-state index in [-0.39, 0.29) is 0 Å². The third-order valence-corrected chi connectivity index (χ3v) is 4.51. The smallest absolute Gasteiger partial charge is 0.119 e. The van der Waals surface area contributed by atoms with E-state index in [2.05, 4.69) is 39.7 Å². The Morgan fingerprint density at radius 3 is 2.80 bits per heavy atom. The second-order valence-corrected chi connectivity index (χ2v) is 6.40. The zero-order valence-electron chi connectivity index (χ0n) is 12.5. The lowest BCUT2D eigenvalue weighted by Crippen LogP contribution is -2.39. The van der Waals surface area contributed by atoms with Crippen LogP contribution in [0.4, 0.5) is 0 Å². The first-order chi connectivity index (χ1) is 9.69. The minimum Gasteiger partial charge on any atom is -0.492 e. The molecule has 1 fully saturated rings. The Balaban J connectivity index is 1.67. The average molecular weight is 341 g/mol. The molecule has 0 aromatic heterocycles. The molecular weight excluding hydrogens is 316 g/mol. The zero-order valence-corrected chi connectivity index (χ0v) is 14.1. The summed E-state index contributed by atoms with van der Waals surface area (Å²) in [5.41, 5.74) is 0.